The summed E-state index contributed by atoms with van der Waals surface area (Å²) in [6.45, 7) is 7.28. The number of carbonyl (C=O) groups excluding carboxylic acids is 1. The molecule has 3 unspecified atom stereocenters. The lowest BCUT2D eigenvalue weighted by molar-refractivity contribution is -0.130. The Kier molecular flexibility index (Phi) is 5.88. The largest absolute Gasteiger partial charge is 0.356 e. The molecule has 3 heteroatoms. The highest BCUT2D eigenvalue weighted by Gasteiger charge is 2.39. The van der Waals surface area contributed by atoms with E-state index < -0.39 is 0 Å². The maximum Gasteiger partial charge on any atom is 0.227 e. The molecule has 0 aromatic carbocycles. The molecule has 1 heterocycles. The van der Waals surface area contributed by atoms with Crippen molar-refractivity contribution in [1.82, 2.24) is 10.6 Å². The Morgan fingerprint density at radius 1 is 1.40 bits per heavy atom. The van der Waals surface area contributed by atoms with Gasteiger partial charge in [-0.25, -0.2) is 0 Å². The number of hydrogen-bond donors (Lipinski definition) is 2. The Balaban J connectivity index is 1.73. The molecule has 3 atom stereocenters. The minimum absolute atomic E-state index is 0.116. The fraction of sp³-hybridized carbons (Fsp3) is 0.941. The topological polar surface area (TPSA) is 41.1 Å². The van der Waals surface area contributed by atoms with Crippen LogP contribution in [0.1, 0.15) is 65.2 Å². The monoisotopic (exact) mass is 280 g/mol. The predicted molar refractivity (Wildman–Crippen MR) is 83.6 cm³/mol. The zero-order valence-corrected chi connectivity index (χ0v) is 13.3. The van der Waals surface area contributed by atoms with Gasteiger partial charge in [-0.2, -0.15) is 0 Å². The quantitative estimate of drug-likeness (QED) is 0.785. The molecule has 0 aromatic rings. The van der Waals surface area contributed by atoms with Crippen molar-refractivity contribution < 1.29 is 4.79 Å². The molecule has 20 heavy (non-hydrogen) atoms. The van der Waals surface area contributed by atoms with E-state index in [1.165, 1.54) is 32.1 Å². The maximum atomic E-state index is 12.5. The van der Waals surface area contributed by atoms with Crippen molar-refractivity contribution in [1.29, 1.82) is 0 Å². The Hall–Kier alpha value is -0.570. The first-order valence-corrected chi connectivity index (χ1v) is 8.65. The zero-order valence-electron chi connectivity index (χ0n) is 13.3. The third-order valence-electron chi connectivity index (χ3n) is 5.34. The fourth-order valence-corrected chi connectivity index (χ4v) is 4.14. The third-order valence-corrected chi connectivity index (χ3v) is 5.34. The molecule has 3 nitrogen and oxygen atoms in total. The van der Waals surface area contributed by atoms with Crippen molar-refractivity contribution in [3.05, 3.63) is 0 Å². The summed E-state index contributed by atoms with van der Waals surface area (Å²) in [6, 6.07) is 0. The minimum Gasteiger partial charge on any atom is -0.356 e. The molecule has 0 aromatic heterocycles. The van der Waals surface area contributed by atoms with Crippen LogP contribution in [0.3, 0.4) is 0 Å². The van der Waals surface area contributed by atoms with E-state index in [0.717, 1.165) is 50.7 Å². The molecular formula is C17H32N2O. The highest BCUT2D eigenvalue weighted by Crippen LogP contribution is 2.32. The van der Waals surface area contributed by atoms with Crippen molar-refractivity contribution in [2.24, 2.45) is 17.3 Å². The van der Waals surface area contributed by atoms with Crippen molar-refractivity contribution in [3.8, 4) is 0 Å². The molecule has 2 fully saturated rings. The van der Waals surface area contributed by atoms with Crippen molar-refractivity contribution in [2.45, 2.75) is 65.2 Å². The molecule has 1 amide bonds. The smallest absolute Gasteiger partial charge is 0.227 e. The van der Waals surface area contributed by atoms with Crippen LogP contribution < -0.4 is 10.6 Å². The summed E-state index contributed by atoms with van der Waals surface area (Å²) in [7, 11) is 0. The van der Waals surface area contributed by atoms with Crippen LogP contribution in [0.4, 0.5) is 0 Å². The molecule has 1 saturated carbocycles. The second-order valence-electron chi connectivity index (χ2n) is 7.14. The third kappa shape index (κ3) is 3.97. The second-order valence-corrected chi connectivity index (χ2v) is 7.14. The van der Waals surface area contributed by atoms with E-state index in [-0.39, 0.29) is 5.41 Å². The predicted octanol–water partition coefficient (Wildman–Crippen LogP) is 3.10. The molecule has 1 aliphatic carbocycles. The minimum atomic E-state index is -0.116. The molecular weight excluding hydrogens is 248 g/mol. The first-order valence-electron chi connectivity index (χ1n) is 8.65. The van der Waals surface area contributed by atoms with Gasteiger partial charge in [0.1, 0.15) is 0 Å². The van der Waals surface area contributed by atoms with Crippen LogP contribution in [0.25, 0.3) is 0 Å². The Morgan fingerprint density at radius 2 is 2.25 bits per heavy atom. The van der Waals surface area contributed by atoms with E-state index in [9.17, 15) is 4.79 Å². The Labute approximate surface area is 124 Å². The van der Waals surface area contributed by atoms with Crippen molar-refractivity contribution >= 4 is 5.91 Å². The number of hydrogen-bond acceptors (Lipinski definition) is 2. The second kappa shape index (κ2) is 7.44. The summed E-state index contributed by atoms with van der Waals surface area (Å²) in [6.07, 6.45) is 9.79. The molecule has 0 radical (unpaired) electrons. The van der Waals surface area contributed by atoms with Gasteiger partial charge < -0.3 is 10.6 Å². The van der Waals surface area contributed by atoms with E-state index in [1.807, 2.05) is 0 Å². The average Bonchev–Trinajstić information content (AvgIpc) is 2.89. The standard InChI is InChI=1S/C17H32N2O/c1-3-8-17(9-11-18-13-17)16(20)19-10-7-15-6-4-5-14(2)12-15/h14-15,18H,3-13H2,1-2H3,(H,19,20). The average molecular weight is 280 g/mol. The Bertz CT molecular complexity index is 310. The SMILES string of the molecule is CCCC1(C(=O)NCCC2CCCC(C)C2)CCNC1. The van der Waals surface area contributed by atoms with Gasteiger partial charge in [0.2, 0.25) is 5.91 Å². The van der Waals surface area contributed by atoms with E-state index in [2.05, 4.69) is 24.5 Å². The lowest BCUT2D eigenvalue weighted by Crippen LogP contribution is -2.43. The summed E-state index contributed by atoms with van der Waals surface area (Å²) in [5.74, 6) is 2.02. The fourth-order valence-electron chi connectivity index (χ4n) is 4.14. The normalized spacial score (nSPS) is 34.1. The molecule has 2 rings (SSSR count). The summed E-state index contributed by atoms with van der Waals surface area (Å²) in [5, 5.41) is 6.60. The molecule has 1 saturated heterocycles. The zero-order chi connectivity index (χ0) is 14.4. The van der Waals surface area contributed by atoms with E-state index in [0.29, 0.717) is 5.91 Å². The lowest BCUT2D eigenvalue weighted by Gasteiger charge is -2.29. The summed E-state index contributed by atoms with van der Waals surface area (Å²) in [4.78, 5) is 12.5. The molecule has 116 valence electrons. The molecule has 0 bridgehead atoms. The van der Waals surface area contributed by atoms with Crippen molar-refractivity contribution in [3.63, 3.8) is 0 Å². The molecule has 0 spiro atoms. The molecule has 2 aliphatic rings. The van der Waals surface area contributed by atoms with E-state index in [1.54, 1.807) is 0 Å². The maximum absolute atomic E-state index is 12.5. The Morgan fingerprint density at radius 3 is 2.90 bits per heavy atom. The first kappa shape index (κ1) is 15.8. The van der Waals surface area contributed by atoms with Crippen LogP contribution >= 0.6 is 0 Å². The number of rotatable bonds is 6. The van der Waals surface area contributed by atoms with Crippen LogP contribution in [-0.4, -0.2) is 25.5 Å². The van der Waals surface area contributed by atoms with Gasteiger partial charge in [0.25, 0.3) is 0 Å². The van der Waals surface area contributed by atoms with Crippen LogP contribution in [0.2, 0.25) is 0 Å². The first-order chi connectivity index (χ1) is 9.66. The van der Waals surface area contributed by atoms with Crippen molar-refractivity contribution in [2.75, 3.05) is 19.6 Å². The van der Waals surface area contributed by atoms with Crippen LogP contribution in [0, 0.1) is 17.3 Å². The van der Waals surface area contributed by atoms with Gasteiger partial charge in [-0.3, -0.25) is 4.79 Å². The summed E-state index contributed by atoms with van der Waals surface area (Å²) >= 11 is 0. The van der Waals surface area contributed by atoms with Gasteiger partial charge >= 0.3 is 0 Å². The van der Waals surface area contributed by atoms with Gasteiger partial charge in [-0.1, -0.05) is 39.5 Å². The van der Waals surface area contributed by atoms with E-state index >= 15 is 0 Å². The van der Waals surface area contributed by atoms with Gasteiger partial charge in [-0.15, -0.1) is 0 Å². The number of carbonyl (C=O) groups is 1. The molecule has 1 aliphatic heterocycles. The highest BCUT2D eigenvalue weighted by atomic mass is 16.2. The number of amides is 1. The molecule has 2 N–H and O–H groups in total. The van der Waals surface area contributed by atoms with E-state index in [4.69, 9.17) is 0 Å². The lowest BCUT2D eigenvalue weighted by atomic mass is 9.80. The summed E-state index contributed by atoms with van der Waals surface area (Å²) < 4.78 is 0. The van der Waals surface area contributed by atoms with Gasteiger partial charge in [0, 0.05) is 13.1 Å². The van der Waals surface area contributed by atoms with Crippen LogP contribution in [0.15, 0.2) is 0 Å². The van der Waals surface area contributed by atoms with Gasteiger partial charge in [-0.05, 0) is 44.1 Å². The van der Waals surface area contributed by atoms with Crippen LogP contribution in [0.5, 0.6) is 0 Å². The van der Waals surface area contributed by atoms with Gasteiger partial charge in [0.05, 0.1) is 5.41 Å². The highest BCUT2D eigenvalue weighted by molar-refractivity contribution is 5.83. The van der Waals surface area contributed by atoms with Crippen LogP contribution in [-0.2, 0) is 4.79 Å². The van der Waals surface area contributed by atoms with Gasteiger partial charge in [0.15, 0.2) is 0 Å². The number of nitrogens with one attached hydrogen (secondary N) is 2. The summed E-state index contributed by atoms with van der Waals surface area (Å²) in [5.41, 5.74) is -0.116.